The Morgan fingerprint density at radius 1 is 1.11 bits per heavy atom. The lowest BCUT2D eigenvalue weighted by Gasteiger charge is -2.03. The molecule has 8 heteroatoms. The number of nitrogens with zero attached hydrogens (tertiary/aromatic N) is 5. The van der Waals surface area contributed by atoms with E-state index in [1.54, 1.807) is 24.5 Å². The van der Waals surface area contributed by atoms with E-state index >= 15 is 0 Å². The molecule has 8 nitrogen and oxygen atoms in total. The Hall–Kier alpha value is -3.55. The molecule has 3 aromatic heterocycles. The van der Waals surface area contributed by atoms with Gasteiger partial charge in [0.05, 0.1) is 5.56 Å². The predicted molar refractivity (Wildman–Crippen MR) is 98.4 cm³/mol. The molecule has 1 aromatic carbocycles. The molecule has 0 unspecified atom stereocenters. The predicted octanol–water partition coefficient (Wildman–Crippen LogP) is 2.28. The molecular weight excluding hydrogens is 344 g/mol. The third kappa shape index (κ3) is 3.69. The number of nitrogens with one attached hydrogen (secondary N) is 1. The zero-order valence-corrected chi connectivity index (χ0v) is 14.5. The summed E-state index contributed by atoms with van der Waals surface area (Å²) in [5, 5.41) is 24.3. The molecule has 0 saturated heterocycles. The first-order valence-corrected chi connectivity index (χ1v) is 8.67. The van der Waals surface area contributed by atoms with Crippen LogP contribution >= 0.6 is 0 Å². The molecule has 0 aliphatic heterocycles. The molecule has 0 aliphatic carbocycles. The Balaban J connectivity index is 1.65. The Labute approximate surface area is 154 Å². The van der Waals surface area contributed by atoms with Gasteiger partial charge in [-0.05, 0) is 54.3 Å². The zero-order chi connectivity index (χ0) is 18.6. The second-order valence-corrected chi connectivity index (χ2v) is 6.32. The highest BCUT2D eigenvalue weighted by Crippen LogP contribution is 2.25. The van der Waals surface area contributed by atoms with Crippen molar-refractivity contribution < 1.29 is 9.90 Å². The van der Waals surface area contributed by atoms with Crippen LogP contribution in [0, 0.1) is 0 Å². The maximum Gasteiger partial charge on any atom is 0.335 e. The van der Waals surface area contributed by atoms with Gasteiger partial charge in [-0.1, -0.05) is 5.21 Å². The number of hydrogen-bond donors (Lipinski definition) is 2. The van der Waals surface area contributed by atoms with E-state index < -0.39 is 5.97 Å². The monoisotopic (exact) mass is 362 g/mol. The fourth-order valence-corrected chi connectivity index (χ4v) is 3.23. The number of pyridine rings is 1. The van der Waals surface area contributed by atoms with Crippen LogP contribution in [0.3, 0.4) is 0 Å². The molecule has 0 radical (unpaired) electrons. The van der Waals surface area contributed by atoms with Gasteiger partial charge >= 0.3 is 5.97 Å². The number of aromatic carboxylic acids is 1. The lowest BCUT2D eigenvalue weighted by Crippen LogP contribution is -2.02. The van der Waals surface area contributed by atoms with Gasteiger partial charge in [-0.3, -0.25) is 4.98 Å². The number of H-pyrrole nitrogens is 1. The molecular formula is C19H18N6O2. The number of fused-ring (bicyclic) bond motifs is 1. The average molecular weight is 362 g/mol. The van der Waals surface area contributed by atoms with Crippen LogP contribution in [-0.2, 0) is 25.8 Å². The fraction of sp³-hybridized carbons (Fsp3) is 0.211. The van der Waals surface area contributed by atoms with Gasteiger partial charge in [-0.2, -0.15) is 5.21 Å². The number of aromatic amines is 1. The summed E-state index contributed by atoms with van der Waals surface area (Å²) >= 11 is 0. The van der Waals surface area contributed by atoms with Crippen LogP contribution in [-0.4, -0.2) is 41.3 Å². The molecule has 0 amide bonds. The van der Waals surface area contributed by atoms with E-state index in [1.165, 1.54) is 5.56 Å². The molecule has 0 spiro atoms. The van der Waals surface area contributed by atoms with Crippen molar-refractivity contribution in [2.75, 3.05) is 0 Å². The lowest BCUT2D eigenvalue weighted by atomic mass is 10.0. The number of carboxylic acid groups (broad SMARTS) is 1. The number of rotatable bonds is 7. The molecule has 27 heavy (non-hydrogen) atoms. The quantitative estimate of drug-likeness (QED) is 0.522. The van der Waals surface area contributed by atoms with Gasteiger partial charge in [0.25, 0.3) is 0 Å². The van der Waals surface area contributed by atoms with Crippen molar-refractivity contribution >= 4 is 16.9 Å². The Morgan fingerprint density at radius 2 is 1.96 bits per heavy atom. The van der Waals surface area contributed by atoms with E-state index in [0.717, 1.165) is 29.3 Å². The summed E-state index contributed by atoms with van der Waals surface area (Å²) in [5.74, 6) is -0.270. The van der Waals surface area contributed by atoms with Crippen molar-refractivity contribution in [2.45, 2.75) is 25.8 Å². The molecule has 0 bridgehead atoms. The summed E-state index contributed by atoms with van der Waals surface area (Å²) in [6.45, 7) is 0.692. The normalized spacial score (nSPS) is 11.1. The minimum Gasteiger partial charge on any atom is -0.478 e. The Kier molecular flexibility index (Phi) is 4.61. The highest BCUT2D eigenvalue weighted by molar-refractivity contribution is 5.95. The number of carboxylic acids is 1. The molecule has 0 saturated carbocycles. The van der Waals surface area contributed by atoms with Crippen LogP contribution in [0.5, 0.6) is 0 Å². The van der Waals surface area contributed by atoms with E-state index in [2.05, 4.69) is 36.4 Å². The highest BCUT2D eigenvalue weighted by atomic mass is 16.4. The summed E-state index contributed by atoms with van der Waals surface area (Å²) in [7, 11) is 0. The second-order valence-electron chi connectivity index (χ2n) is 6.32. The van der Waals surface area contributed by atoms with Crippen LogP contribution in [0.1, 0.15) is 27.3 Å². The maximum atomic E-state index is 11.4. The van der Waals surface area contributed by atoms with Crippen LogP contribution in [0.15, 0.2) is 48.9 Å². The second kappa shape index (κ2) is 7.36. The minimum absolute atomic E-state index is 0.295. The SMILES string of the molecule is O=C(O)c1ccc2c(c1)c(CCc1ccncc1)cn2CCc1nn[nH]n1. The minimum atomic E-state index is -0.920. The Bertz CT molecular complexity index is 1060. The summed E-state index contributed by atoms with van der Waals surface area (Å²) in [6.07, 6.45) is 7.99. The molecule has 0 atom stereocenters. The molecule has 2 N–H and O–H groups in total. The highest BCUT2D eigenvalue weighted by Gasteiger charge is 2.13. The summed E-state index contributed by atoms with van der Waals surface area (Å²) in [6, 6.07) is 9.26. The van der Waals surface area contributed by atoms with Crippen LogP contribution in [0.2, 0.25) is 0 Å². The molecule has 4 rings (SSSR count). The van der Waals surface area contributed by atoms with E-state index in [4.69, 9.17) is 0 Å². The average Bonchev–Trinajstić information content (AvgIpc) is 3.33. The summed E-state index contributed by atoms with van der Waals surface area (Å²) in [5.41, 5.74) is 3.63. The van der Waals surface area contributed by atoms with Crippen molar-refractivity contribution in [3.63, 3.8) is 0 Å². The first-order valence-electron chi connectivity index (χ1n) is 8.67. The van der Waals surface area contributed by atoms with E-state index in [-0.39, 0.29) is 0 Å². The first-order chi connectivity index (χ1) is 13.2. The van der Waals surface area contributed by atoms with Gasteiger partial charge in [-0.25, -0.2) is 4.79 Å². The summed E-state index contributed by atoms with van der Waals surface area (Å²) < 4.78 is 2.12. The van der Waals surface area contributed by atoms with Gasteiger partial charge in [-0.15, -0.1) is 10.2 Å². The number of aryl methyl sites for hydroxylation is 4. The third-order valence-electron chi connectivity index (χ3n) is 4.61. The standard InChI is InChI=1S/C19H18N6O2/c26-19(27)14-3-4-17-16(11-14)15(2-1-13-5-8-20-9-6-13)12-25(17)10-7-18-21-23-24-22-18/h3-6,8-9,11-12H,1-2,7,10H2,(H,26,27)(H,21,22,23,24). The maximum absolute atomic E-state index is 11.4. The van der Waals surface area contributed by atoms with Crippen molar-refractivity contribution in [1.29, 1.82) is 0 Å². The van der Waals surface area contributed by atoms with Gasteiger partial charge in [0.1, 0.15) is 0 Å². The summed E-state index contributed by atoms with van der Waals surface area (Å²) in [4.78, 5) is 15.4. The number of hydrogen-bond acceptors (Lipinski definition) is 5. The number of carbonyl (C=O) groups is 1. The molecule has 3 heterocycles. The van der Waals surface area contributed by atoms with Crippen molar-refractivity contribution in [3.8, 4) is 0 Å². The van der Waals surface area contributed by atoms with E-state index in [0.29, 0.717) is 24.4 Å². The fourth-order valence-electron chi connectivity index (χ4n) is 3.23. The van der Waals surface area contributed by atoms with Crippen molar-refractivity contribution in [3.05, 3.63) is 71.4 Å². The van der Waals surface area contributed by atoms with Crippen molar-refractivity contribution in [2.24, 2.45) is 0 Å². The Morgan fingerprint density at radius 3 is 2.70 bits per heavy atom. The van der Waals surface area contributed by atoms with Gasteiger partial charge < -0.3 is 9.67 Å². The lowest BCUT2D eigenvalue weighted by molar-refractivity contribution is 0.0697. The largest absolute Gasteiger partial charge is 0.478 e. The van der Waals surface area contributed by atoms with Gasteiger partial charge in [0.2, 0.25) is 0 Å². The number of benzene rings is 1. The molecule has 0 fully saturated rings. The van der Waals surface area contributed by atoms with Crippen LogP contribution in [0.25, 0.3) is 10.9 Å². The third-order valence-corrected chi connectivity index (χ3v) is 4.61. The van der Waals surface area contributed by atoms with Gasteiger partial charge in [0.15, 0.2) is 5.82 Å². The van der Waals surface area contributed by atoms with Crippen LogP contribution in [0.4, 0.5) is 0 Å². The van der Waals surface area contributed by atoms with Gasteiger partial charge in [0, 0.05) is 42.5 Å². The van der Waals surface area contributed by atoms with Crippen molar-refractivity contribution in [1.82, 2.24) is 30.2 Å². The topological polar surface area (TPSA) is 110 Å². The zero-order valence-electron chi connectivity index (χ0n) is 14.5. The smallest absolute Gasteiger partial charge is 0.335 e. The first kappa shape index (κ1) is 16.9. The molecule has 0 aliphatic rings. The molecule has 4 aromatic rings. The van der Waals surface area contributed by atoms with E-state index in [1.807, 2.05) is 18.2 Å². The van der Waals surface area contributed by atoms with Crippen LogP contribution < -0.4 is 0 Å². The number of aromatic nitrogens is 6. The number of tetrazole rings is 1. The van der Waals surface area contributed by atoms with E-state index in [9.17, 15) is 9.90 Å². The molecule has 136 valence electrons.